The zero-order chi connectivity index (χ0) is 17.4. The van der Waals surface area contributed by atoms with Crippen molar-refractivity contribution in [3.05, 3.63) is 33.4 Å². The Labute approximate surface area is 139 Å². The molecule has 2 heterocycles. The molecule has 0 aliphatic carbocycles. The Kier molecular flexibility index (Phi) is 4.42. The summed E-state index contributed by atoms with van der Waals surface area (Å²) in [6.07, 6.45) is 0.144. The molecule has 2 aliphatic heterocycles. The Hall–Kier alpha value is -2.19. The molecule has 1 amide bonds. The number of rotatable bonds is 4. The Balaban J connectivity index is 2.00. The van der Waals surface area contributed by atoms with E-state index < -0.39 is 11.2 Å². The van der Waals surface area contributed by atoms with Gasteiger partial charge in [0.2, 0.25) is 0 Å². The predicted octanol–water partition coefficient (Wildman–Crippen LogP) is 1.58. The second-order valence-electron chi connectivity index (χ2n) is 6.40. The van der Waals surface area contributed by atoms with E-state index in [0.29, 0.717) is 5.56 Å². The molecule has 0 bridgehead atoms. The van der Waals surface area contributed by atoms with Crippen LogP contribution in [0.2, 0.25) is 0 Å². The number of carbonyl (C=O) groups excluding carboxylic acids is 1. The highest BCUT2D eigenvalue weighted by Gasteiger charge is 2.42. The molecule has 1 aromatic carbocycles. The average Bonchev–Trinajstić information content (AvgIpc) is 2.77. The molecule has 0 saturated carbocycles. The Morgan fingerprint density at radius 1 is 1.38 bits per heavy atom. The van der Waals surface area contributed by atoms with E-state index in [-0.39, 0.29) is 35.1 Å². The lowest BCUT2D eigenvalue weighted by atomic mass is 10.1. The Morgan fingerprint density at radius 2 is 2.04 bits per heavy atom. The number of fused-ring (bicyclic) bond motifs is 1. The number of piperidine rings is 1. The number of nitrogens with one attached hydrogen (secondary N) is 1. The molecular formula is C16H21N3O5. The third kappa shape index (κ3) is 2.83. The van der Waals surface area contributed by atoms with E-state index in [1.54, 1.807) is 13.8 Å². The topological polar surface area (TPSA) is 105 Å². The van der Waals surface area contributed by atoms with Crippen LogP contribution in [0, 0.1) is 10.1 Å². The summed E-state index contributed by atoms with van der Waals surface area (Å²) < 4.78 is 5.50. The quantitative estimate of drug-likeness (QED) is 0.639. The molecule has 130 valence electrons. The minimum absolute atomic E-state index is 0.0744. The summed E-state index contributed by atoms with van der Waals surface area (Å²) in [5.74, 6) is -0.281. The minimum atomic E-state index is -1.09. The van der Waals surface area contributed by atoms with Crippen LogP contribution in [0.25, 0.3) is 0 Å². The molecule has 0 radical (unpaired) electrons. The van der Waals surface area contributed by atoms with Crippen molar-refractivity contribution < 1.29 is 19.6 Å². The summed E-state index contributed by atoms with van der Waals surface area (Å²) in [4.78, 5) is 24.9. The van der Waals surface area contributed by atoms with Crippen LogP contribution in [0.4, 0.5) is 5.69 Å². The summed E-state index contributed by atoms with van der Waals surface area (Å²) in [5.41, 5.74) is 0.304. The number of amides is 1. The molecular weight excluding hydrogens is 314 g/mol. The Bertz CT molecular complexity index is 670. The van der Waals surface area contributed by atoms with E-state index in [2.05, 4.69) is 5.32 Å². The first kappa shape index (κ1) is 16.7. The predicted molar refractivity (Wildman–Crippen MR) is 85.9 cm³/mol. The van der Waals surface area contributed by atoms with Crippen LogP contribution < -0.4 is 10.1 Å². The fourth-order valence-corrected chi connectivity index (χ4v) is 3.32. The van der Waals surface area contributed by atoms with Crippen molar-refractivity contribution in [2.24, 2.45) is 0 Å². The standard InChI is InChI=1S/C16H21N3O5/c1-9(2)24-14-8-12-11(7-13(14)19(22)23)15(20)18(16(12)21)10-3-5-17-6-4-10/h7-10,16-17,21H,3-6H2,1-2H3. The van der Waals surface area contributed by atoms with Gasteiger partial charge in [0.1, 0.15) is 0 Å². The molecule has 8 nitrogen and oxygen atoms in total. The number of carbonyl (C=O) groups is 1. The van der Waals surface area contributed by atoms with E-state index in [9.17, 15) is 20.0 Å². The molecule has 1 saturated heterocycles. The number of hydrogen-bond acceptors (Lipinski definition) is 6. The fourth-order valence-electron chi connectivity index (χ4n) is 3.32. The van der Waals surface area contributed by atoms with E-state index in [1.807, 2.05) is 0 Å². The Morgan fingerprint density at radius 3 is 2.62 bits per heavy atom. The van der Waals surface area contributed by atoms with Gasteiger partial charge in [0, 0.05) is 17.7 Å². The summed E-state index contributed by atoms with van der Waals surface area (Å²) in [6.45, 7) is 5.08. The van der Waals surface area contributed by atoms with Gasteiger partial charge < -0.3 is 20.1 Å². The maximum absolute atomic E-state index is 12.7. The van der Waals surface area contributed by atoms with Crippen LogP contribution in [0.5, 0.6) is 5.75 Å². The second-order valence-corrected chi connectivity index (χ2v) is 6.40. The molecule has 2 N–H and O–H groups in total. The van der Waals surface area contributed by atoms with Crippen LogP contribution in [0.15, 0.2) is 12.1 Å². The molecule has 0 aromatic heterocycles. The number of nitro groups is 1. The van der Waals surface area contributed by atoms with Crippen LogP contribution in [0.3, 0.4) is 0 Å². The second kappa shape index (κ2) is 6.37. The lowest BCUT2D eigenvalue weighted by molar-refractivity contribution is -0.386. The van der Waals surface area contributed by atoms with Gasteiger partial charge >= 0.3 is 5.69 Å². The number of benzene rings is 1. The third-order valence-electron chi connectivity index (χ3n) is 4.40. The van der Waals surface area contributed by atoms with Gasteiger partial charge in [-0.1, -0.05) is 0 Å². The number of ether oxygens (including phenoxy) is 1. The van der Waals surface area contributed by atoms with Gasteiger partial charge in [0.15, 0.2) is 12.0 Å². The molecule has 1 fully saturated rings. The highest BCUT2D eigenvalue weighted by Crippen LogP contribution is 2.41. The van der Waals surface area contributed by atoms with Gasteiger partial charge in [0.05, 0.1) is 16.6 Å². The molecule has 1 atom stereocenters. The van der Waals surface area contributed by atoms with Gasteiger partial charge in [-0.3, -0.25) is 14.9 Å². The fraction of sp³-hybridized carbons (Fsp3) is 0.562. The first-order chi connectivity index (χ1) is 11.4. The number of aliphatic hydroxyl groups excluding tert-OH is 1. The molecule has 3 rings (SSSR count). The number of aliphatic hydroxyl groups is 1. The van der Waals surface area contributed by atoms with Gasteiger partial charge in [-0.25, -0.2) is 0 Å². The van der Waals surface area contributed by atoms with Gasteiger partial charge in [-0.15, -0.1) is 0 Å². The molecule has 8 heteroatoms. The van der Waals surface area contributed by atoms with Crippen molar-refractivity contribution in [2.75, 3.05) is 13.1 Å². The number of hydrogen-bond donors (Lipinski definition) is 2. The normalized spacial score (nSPS) is 21.2. The third-order valence-corrected chi connectivity index (χ3v) is 4.40. The van der Waals surface area contributed by atoms with Crippen LogP contribution in [-0.2, 0) is 0 Å². The number of nitrogens with zero attached hydrogens (tertiary/aromatic N) is 2. The van der Waals surface area contributed by atoms with Crippen molar-refractivity contribution in [3.8, 4) is 5.75 Å². The lowest BCUT2D eigenvalue weighted by Gasteiger charge is -2.33. The zero-order valence-corrected chi connectivity index (χ0v) is 13.7. The van der Waals surface area contributed by atoms with Crippen LogP contribution in [0.1, 0.15) is 48.8 Å². The van der Waals surface area contributed by atoms with Crippen molar-refractivity contribution in [2.45, 2.75) is 45.1 Å². The van der Waals surface area contributed by atoms with E-state index >= 15 is 0 Å². The average molecular weight is 335 g/mol. The van der Waals surface area contributed by atoms with Crippen LogP contribution >= 0.6 is 0 Å². The van der Waals surface area contributed by atoms with Crippen molar-refractivity contribution >= 4 is 11.6 Å². The molecule has 2 aliphatic rings. The van der Waals surface area contributed by atoms with Crippen molar-refractivity contribution in [3.63, 3.8) is 0 Å². The lowest BCUT2D eigenvalue weighted by Crippen LogP contribution is -2.44. The van der Waals surface area contributed by atoms with Crippen molar-refractivity contribution in [1.29, 1.82) is 0 Å². The largest absolute Gasteiger partial charge is 0.484 e. The molecule has 24 heavy (non-hydrogen) atoms. The van der Waals surface area contributed by atoms with E-state index in [1.165, 1.54) is 17.0 Å². The van der Waals surface area contributed by atoms with Crippen molar-refractivity contribution in [1.82, 2.24) is 10.2 Å². The number of nitro benzene ring substituents is 1. The molecule has 1 unspecified atom stereocenters. The summed E-state index contributed by atoms with van der Waals surface area (Å²) in [5, 5.41) is 25.1. The molecule has 0 spiro atoms. The smallest absolute Gasteiger partial charge is 0.311 e. The van der Waals surface area contributed by atoms with E-state index in [0.717, 1.165) is 25.9 Å². The highest BCUT2D eigenvalue weighted by atomic mass is 16.6. The highest BCUT2D eigenvalue weighted by molar-refractivity contribution is 6.00. The zero-order valence-electron chi connectivity index (χ0n) is 13.7. The minimum Gasteiger partial charge on any atom is -0.484 e. The van der Waals surface area contributed by atoms with Crippen LogP contribution in [-0.4, -0.2) is 46.1 Å². The van der Waals surface area contributed by atoms with Gasteiger partial charge in [0.25, 0.3) is 5.91 Å². The maximum atomic E-state index is 12.7. The first-order valence-electron chi connectivity index (χ1n) is 8.10. The summed E-state index contributed by atoms with van der Waals surface area (Å²) in [7, 11) is 0. The summed E-state index contributed by atoms with van der Waals surface area (Å²) >= 11 is 0. The van der Waals surface area contributed by atoms with Gasteiger partial charge in [-0.05, 0) is 45.8 Å². The SMILES string of the molecule is CC(C)Oc1cc2c(cc1[N+](=O)[O-])C(=O)N(C1CCNCC1)C2O. The van der Waals surface area contributed by atoms with Gasteiger partial charge in [-0.2, -0.15) is 0 Å². The first-order valence-corrected chi connectivity index (χ1v) is 8.10. The van der Waals surface area contributed by atoms with E-state index in [4.69, 9.17) is 4.74 Å². The maximum Gasteiger partial charge on any atom is 0.311 e. The monoisotopic (exact) mass is 335 g/mol. The summed E-state index contributed by atoms with van der Waals surface area (Å²) in [6, 6.07) is 2.58. The molecule has 1 aromatic rings.